The van der Waals surface area contributed by atoms with Crippen molar-refractivity contribution in [2.75, 3.05) is 0 Å². The molecule has 0 aliphatic heterocycles. The maximum atomic E-state index is 10.1. The van der Waals surface area contributed by atoms with Gasteiger partial charge >= 0.3 is 0 Å². The van der Waals surface area contributed by atoms with Crippen LogP contribution in [0.2, 0.25) is 0 Å². The number of aliphatic hydroxyl groups is 3. The lowest BCUT2D eigenvalue weighted by Crippen LogP contribution is -2.45. The summed E-state index contributed by atoms with van der Waals surface area (Å²) in [7, 11) is 0. The van der Waals surface area contributed by atoms with Gasteiger partial charge in [-0.1, -0.05) is 39.2 Å². The van der Waals surface area contributed by atoms with Crippen LogP contribution in [0, 0.1) is 12.3 Å². The van der Waals surface area contributed by atoms with Crippen LogP contribution >= 0.6 is 15.9 Å². The van der Waals surface area contributed by atoms with Gasteiger partial charge in [0, 0.05) is 15.6 Å². The van der Waals surface area contributed by atoms with Gasteiger partial charge in [0.25, 0.3) is 0 Å². The van der Waals surface area contributed by atoms with Crippen LogP contribution in [0.4, 0.5) is 0 Å². The molecule has 0 saturated carbocycles. The highest BCUT2D eigenvalue weighted by Gasteiger charge is 2.38. The third kappa shape index (κ3) is 2.94. The van der Waals surface area contributed by atoms with Crippen LogP contribution in [0.25, 0.3) is 11.3 Å². The average Bonchev–Trinajstić information content (AvgIpc) is 3.06. The first-order chi connectivity index (χ1) is 11.0. The number of terminal acetylenes is 1. The molecule has 0 radical (unpaired) electrons. The van der Waals surface area contributed by atoms with Gasteiger partial charge < -0.3 is 15.3 Å². The van der Waals surface area contributed by atoms with E-state index in [1.165, 1.54) is 4.68 Å². The lowest BCUT2D eigenvalue weighted by atomic mass is 9.94. The van der Waals surface area contributed by atoms with Crippen molar-refractivity contribution in [1.29, 1.82) is 0 Å². The molecule has 4 atom stereocenters. The molecule has 118 valence electrons. The third-order valence-corrected chi connectivity index (χ3v) is 4.53. The first-order valence-electron chi connectivity index (χ1n) is 6.91. The topological polar surface area (TPSA) is 91.4 Å². The van der Waals surface area contributed by atoms with E-state index in [9.17, 15) is 15.3 Å². The molecule has 3 rings (SSSR count). The minimum absolute atomic E-state index is 0.399. The van der Waals surface area contributed by atoms with E-state index in [0.717, 1.165) is 11.1 Å². The average molecular weight is 376 g/mol. The van der Waals surface area contributed by atoms with Crippen LogP contribution < -0.4 is 0 Å². The molecule has 2 aromatic rings. The number of aliphatic hydroxyl groups excluding tert-OH is 3. The van der Waals surface area contributed by atoms with Gasteiger partial charge in [-0.05, 0) is 18.2 Å². The number of rotatable bonds is 2. The number of nitrogens with zero attached hydrogens (tertiary/aromatic N) is 3. The molecule has 0 saturated heterocycles. The predicted molar refractivity (Wildman–Crippen MR) is 87.5 cm³/mol. The molecule has 7 heteroatoms. The smallest absolute Gasteiger partial charge is 0.114 e. The number of hydrogen-bond donors (Lipinski definition) is 3. The molecule has 6 nitrogen and oxygen atoms in total. The van der Waals surface area contributed by atoms with Crippen molar-refractivity contribution in [2.45, 2.75) is 24.4 Å². The van der Waals surface area contributed by atoms with Crippen LogP contribution in [0.3, 0.4) is 0 Å². The summed E-state index contributed by atoms with van der Waals surface area (Å²) in [5, 5.41) is 37.8. The number of benzene rings is 1. The van der Waals surface area contributed by atoms with Crippen molar-refractivity contribution in [1.82, 2.24) is 15.0 Å². The van der Waals surface area contributed by atoms with E-state index < -0.39 is 24.4 Å². The van der Waals surface area contributed by atoms with E-state index in [0.29, 0.717) is 10.2 Å². The fraction of sp³-hybridized carbons (Fsp3) is 0.250. The first kappa shape index (κ1) is 15.9. The van der Waals surface area contributed by atoms with Crippen molar-refractivity contribution >= 4 is 15.9 Å². The fourth-order valence-electron chi connectivity index (χ4n) is 2.44. The van der Waals surface area contributed by atoms with Gasteiger partial charge in [0.2, 0.25) is 0 Å². The fourth-order valence-corrected chi connectivity index (χ4v) is 2.98. The minimum atomic E-state index is -1.30. The highest BCUT2D eigenvalue weighted by atomic mass is 79.9. The number of aromatic nitrogens is 3. The van der Waals surface area contributed by atoms with E-state index in [1.54, 1.807) is 24.4 Å². The number of hydrogen-bond acceptors (Lipinski definition) is 5. The van der Waals surface area contributed by atoms with Gasteiger partial charge in [-0.2, -0.15) is 0 Å². The summed E-state index contributed by atoms with van der Waals surface area (Å²) in [5.74, 6) is 2.54. The molecule has 1 aliphatic carbocycles. The summed E-state index contributed by atoms with van der Waals surface area (Å²) in [6.45, 7) is 0. The summed E-state index contributed by atoms with van der Waals surface area (Å²) in [4.78, 5) is 0. The molecule has 3 N–H and O–H groups in total. The molecule has 1 aromatic carbocycles. The van der Waals surface area contributed by atoms with Crippen LogP contribution in [0.5, 0.6) is 0 Å². The summed E-state index contributed by atoms with van der Waals surface area (Å²) in [6.07, 6.45) is 4.95. The Labute approximate surface area is 141 Å². The second-order valence-electron chi connectivity index (χ2n) is 5.27. The van der Waals surface area contributed by atoms with Crippen LogP contribution in [0.1, 0.15) is 11.6 Å². The summed E-state index contributed by atoms with van der Waals surface area (Å²) in [6, 6.07) is 6.66. The molecule has 0 bridgehead atoms. The van der Waals surface area contributed by atoms with Crippen LogP contribution in [-0.4, -0.2) is 48.6 Å². The molecule has 1 aliphatic rings. The Morgan fingerprint density at radius 2 is 1.83 bits per heavy atom. The van der Waals surface area contributed by atoms with Gasteiger partial charge in [-0.25, -0.2) is 4.68 Å². The van der Waals surface area contributed by atoms with E-state index >= 15 is 0 Å². The van der Waals surface area contributed by atoms with Crippen molar-refractivity contribution in [3.05, 3.63) is 46.6 Å². The number of halogens is 1. The van der Waals surface area contributed by atoms with E-state index in [1.807, 2.05) is 12.1 Å². The zero-order chi connectivity index (χ0) is 16.6. The van der Waals surface area contributed by atoms with Crippen LogP contribution in [-0.2, 0) is 0 Å². The van der Waals surface area contributed by atoms with Gasteiger partial charge in [0.15, 0.2) is 0 Å². The first-order valence-corrected chi connectivity index (χ1v) is 7.71. The largest absolute Gasteiger partial charge is 0.388 e. The van der Waals surface area contributed by atoms with Gasteiger partial charge in [0.1, 0.15) is 30.0 Å². The van der Waals surface area contributed by atoms with E-state index in [2.05, 4.69) is 32.2 Å². The van der Waals surface area contributed by atoms with Crippen molar-refractivity contribution < 1.29 is 15.3 Å². The second-order valence-corrected chi connectivity index (χ2v) is 6.19. The second kappa shape index (κ2) is 6.26. The zero-order valence-corrected chi connectivity index (χ0v) is 13.5. The highest BCUT2D eigenvalue weighted by molar-refractivity contribution is 9.11. The normalized spacial score (nSPS) is 27.3. The standard InChI is InChI=1S/C16H14BrN3O3/c1-2-9-3-5-10(6-4-9)12-8-20(19-18-12)13-7-11(17)14(21)16(23)15(13)22/h1,3-8,13-16,21-23H/t13-,14+,15+,16+/m0/s1. The molecule has 1 aromatic heterocycles. The Hall–Kier alpha value is -1.98. The highest BCUT2D eigenvalue weighted by Crippen LogP contribution is 2.31. The zero-order valence-electron chi connectivity index (χ0n) is 11.9. The molecular weight excluding hydrogens is 362 g/mol. The lowest BCUT2D eigenvalue weighted by molar-refractivity contribution is -0.0653. The summed E-state index contributed by atoms with van der Waals surface area (Å²) in [5.41, 5.74) is 2.22. The Morgan fingerprint density at radius 3 is 2.48 bits per heavy atom. The Kier molecular flexibility index (Phi) is 4.33. The van der Waals surface area contributed by atoms with Crippen molar-refractivity contribution in [3.8, 4) is 23.6 Å². The van der Waals surface area contributed by atoms with Crippen molar-refractivity contribution in [2.24, 2.45) is 0 Å². The minimum Gasteiger partial charge on any atom is -0.388 e. The summed E-state index contributed by atoms with van der Waals surface area (Å²) < 4.78 is 1.85. The molecule has 0 fully saturated rings. The monoisotopic (exact) mass is 375 g/mol. The molecule has 1 heterocycles. The predicted octanol–water partition coefficient (Wildman–Crippen LogP) is 0.843. The van der Waals surface area contributed by atoms with Gasteiger partial charge in [-0.15, -0.1) is 11.5 Å². The SMILES string of the molecule is C#Cc1ccc(-c2cn([C@H]3C=C(Br)[C@@H](O)[C@@H](O)[C@@H]3O)nn2)cc1. The Balaban J connectivity index is 1.91. The van der Waals surface area contributed by atoms with Gasteiger partial charge in [-0.3, -0.25) is 0 Å². The third-order valence-electron chi connectivity index (χ3n) is 3.80. The molecule has 23 heavy (non-hydrogen) atoms. The van der Waals surface area contributed by atoms with E-state index in [-0.39, 0.29) is 0 Å². The molecule has 0 unspecified atom stereocenters. The lowest BCUT2D eigenvalue weighted by Gasteiger charge is -2.32. The quantitative estimate of drug-likeness (QED) is 0.676. The summed E-state index contributed by atoms with van der Waals surface area (Å²) >= 11 is 3.19. The molecule has 0 spiro atoms. The Bertz CT molecular complexity index is 779. The maximum absolute atomic E-state index is 10.1. The van der Waals surface area contributed by atoms with Crippen LogP contribution in [0.15, 0.2) is 41.0 Å². The molecular formula is C16H14BrN3O3. The maximum Gasteiger partial charge on any atom is 0.114 e. The Morgan fingerprint density at radius 1 is 1.13 bits per heavy atom. The van der Waals surface area contributed by atoms with Gasteiger partial charge in [0.05, 0.1) is 6.20 Å². The molecule has 0 amide bonds. The van der Waals surface area contributed by atoms with E-state index in [4.69, 9.17) is 6.42 Å². The van der Waals surface area contributed by atoms with Crippen molar-refractivity contribution in [3.63, 3.8) is 0 Å².